The monoisotopic (exact) mass is 512 g/mol. The van der Waals surface area contributed by atoms with Gasteiger partial charge in [0.25, 0.3) is 0 Å². The number of cyclic esters (lactones) is 1. The molecule has 6 rings (SSSR count). The molecular weight excluding hydrogens is 472 g/mol. The smallest absolute Gasteiger partial charge is 0.336 e. The first-order valence-corrected chi connectivity index (χ1v) is 14.1. The molecule has 11 atom stereocenters. The number of aliphatic hydroxyl groups excluding tert-OH is 1. The number of ketones is 1. The normalized spacial score (nSPS) is 48.9. The molecule has 4 aliphatic carbocycles. The molecule has 0 aromatic carbocycles. The quantitative estimate of drug-likeness (QED) is 0.450. The molecule has 6 unspecified atom stereocenters. The van der Waals surface area contributed by atoms with E-state index >= 15 is 0 Å². The lowest BCUT2D eigenvalue weighted by atomic mass is 9.44. The highest BCUT2D eigenvalue weighted by atomic mass is 16.7. The van der Waals surface area contributed by atoms with Gasteiger partial charge in [-0.25, -0.2) is 4.79 Å². The molecule has 0 bridgehead atoms. The van der Waals surface area contributed by atoms with E-state index < -0.39 is 17.1 Å². The van der Waals surface area contributed by atoms with Crippen molar-refractivity contribution < 1.29 is 33.7 Å². The third-order valence-corrected chi connectivity index (χ3v) is 11.9. The van der Waals surface area contributed by atoms with Gasteiger partial charge in [0, 0.05) is 13.3 Å². The molecule has 7 nitrogen and oxygen atoms in total. The minimum Gasteiger partial charge on any atom is -0.458 e. The highest BCUT2D eigenvalue weighted by Crippen LogP contribution is 2.73. The van der Waals surface area contributed by atoms with Gasteiger partial charge < -0.3 is 19.3 Å². The van der Waals surface area contributed by atoms with Crippen LogP contribution in [0.15, 0.2) is 23.3 Å². The molecule has 0 aromatic heterocycles. The van der Waals surface area contributed by atoms with Gasteiger partial charge in [-0.2, -0.15) is 0 Å². The second-order valence-electron chi connectivity index (χ2n) is 13.1. The average Bonchev–Trinajstić information content (AvgIpc) is 3.46. The second kappa shape index (κ2) is 8.25. The number of epoxide rings is 1. The Bertz CT molecular complexity index is 1110. The van der Waals surface area contributed by atoms with Crippen molar-refractivity contribution in [2.24, 2.45) is 40.4 Å². The number of carbonyl (C=O) groups is 3. The van der Waals surface area contributed by atoms with Crippen molar-refractivity contribution in [3.05, 3.63) is 23.3 Å². The number of aliphatic hydroxyl groups is 1. The van der Waals surface area contributed by atoms with Crippen molar-refractivity contribution in [3.63, 3.8) is 0 Å². The number of hydrogen-bond acceptors (Lipinski definition) is 7. The summed E-state index contributed by atoms with van der Waals surface area (Å²) in [5.74, 6) is 1.08. The summed E-state index contributed by atoms with van der Waals surface area (Å²) in [6.07, 6.45) is 8.36. The van der Waals surface area contributed by atoms with E-state index in [9.17, 15) is 19.5 Å². The van der Waals surface area contributed by atoms with E-state index in [1.54, 1.807) is 12.2 Å². The molecule has 3 saturated carbocycles. The number of fused-ring (bicyclic) bond motifs is 4. The second-order valence-corrected chi connectivity index (χ2v) is 13.1. The maximum Gasteiger partial charge on any atom is 0.336 e. The Hall–Kier alpha value is -1.99. The van der Waals surface area contributed by atoms with Crippen LogP contribution in [-0.4, -0.2) is 53.3 Å². The number of esters is 2. The van der Waals surface area contributed by atoms with E-state index in [1.807, 2.05) is 6.92 Å². The van der Waals surface area contributed by atoms with Crippen molar-refractivity contribution in [2.75, 3.05) is 6.61 Å². The summed E-state index contributed by atoms with van der Waals surface area (Å²) in [4.78, 5) is 38.0. The molecule has 37 heavy (non-hydrogen) atoms. The molecular formula is C30H40O7. The predicted octanol–water partition coefficient (Wildman–Crippen LogP) is 3.92. The van der Waals surface area contributed by atoms with Gasteiger partial charge in [-0.15, -0.1) is 0 Å². The van der Waals surface area contributed by atoms with Crippen molar-refractivity contribution >= 4 is 17.7 Å². The fourth-order valence-electron chi connectivity index (χ4n) is 9.97. The Labute approximate surface area is 219 Å². The molecule has 2 aliphatic heterocycles. The maximum absolute atomic E-state index is 13.6. The molecule has 0 radical (unpaired) electrons. The first-order chi connectivity index (χ1) is 17.5. The van der Waals surface area contributed by atoms with Gasteiger partial charge in [0.05, 0.1) is 23.7 Å². The number of carbonyl (C=O) groups excluding carboxylic acids is 3. The molecule has 4 fully saturated rings. The van der Waals surface area contributed by atoms with Crippen LogP contribution in [0.5, 0.6) is 0 Å². The van der Waals surface area contributed by atoms with Gasteiger partial charge in [-0.3, -0.25) is 9.59 Å². The highest BCUT2D eigenvalue weighted by molar-refractivity contribution is 5.98. The third-order valence-electron chi connectivity index (χ3n) is 11.9. The summed E-state index contributed by atoms with van der Waals surface area (Å²) in [7, 11) is 0. The van der Waals surface area contributed by atoms with E-state index in [0.717, 1.165) is 37.7 Å². The van der Waals surface area contributed by atoms with Crippen LogP contribution in [0.2, 0.25) is 0 Å². The lowest BCUT2D eigenvalue weighted by Gasteiger charge is -2.58. The minimum atomic E-state index is -0.727. The SMILES string of the molecule is CC(=O)O[C@@H]1C=CC(=O)[C@]2(C)C3CC[C@@]4(C)C(CCC4[C@H](C)C4CC(C)=C(CO)C(=O)O4)C3C[C@H]3OC132. The number of hydrogen-bond donors (Lipinski definition) is 1. The molecule has 2 heterocycles. The molecule has 202 valence electrons. The zero-order valence-electron chi connectivity index (χ0n) is 22.6. The Balaban J connectivity index is 1.27. The van der Waals surface area contributed by atoms with Gasteiger partial charge in [0.15, 0.2) is 11.9 Å². The zero-order valence-corrected chi connectivity index (χ0v) is 22.6. The molecule has 0 amide bonds. The van der Waals surface area contributed by atoms with Crippen LogP contribution < -0.4 is 0 Å². The fourth-order valence-corrected chi connectivity index (χ4v) is 9.97. The average molecular weight is 513 g/mol. The highest BCUT2D eigenvalue weighted by Gasteiger charge is 2.81. The van der Waals surface area contributed by atoms with E-state index in [1.165, 1.54) is 6.92 Å². The summed E-state index contributed by atoms with van der Waals surface area (Å²) in [6, 6.07) is 0. The van der Waals surface area contributed by atoms with Gasteiger partial charge in [0.1, 0.15) is 11.7 Å². The minimum absolute atomic E-state index is 0.0696. The van der Waals surface area contributed by atoms with E-state index in [0.29, 0.717) is 29.7 Å². The first kappa shape index (κ1) is 25.3. The van der Waals surface area contributed by atoms with Gasteiger partial charge >= 0.3 is 11.9 Å². The summed E-state index contributed by atoms with van der Waals surface area (Å²) >= 11 is 0. The lowest BCUT2D eigenvalue weighted by Crippen LogP contribution is -2.64. The van der Waals surface area contributed by atoms with Crippen LogP contribution in [-0.2, 0) is 28.6 Å². The first-order valence-electron chi connectivity index (χ1n) is 14.1. The largest absolute Gasteiger partial charge is 0.458 e. The van der Waals surface area contributed by atoms with Crippen LogP contribution in [0.1, 0.15) is 73.1 Å². The molecule has 7 heteroatoms. The number of ether oxygens (including phenoxy) is 3. The Morgan fingerprint density at radius 2 is 1.97 bits per heavy atom. The molecule has 1 N–H and O–H groups in total. The number of allylic oxidation sites excluding steroid dienone is 1. The molecule has 0 aromatic rings. The third kappa shape index (κ3) is 3.22. The Morgan fingerprint density at radius 1 is 1.22 bits per heavy atom. The molecule has 1 spiro atoms. The van der Waals surface area contributed by atoms with Crippen molar-refractivity contribution in [1.29, 1.82) is 0 Å². The fraction of sp³-hybridized carbons (Fsp3) is 0.767. The van der Waals surface area contributed by atoms with Gasteiger partial charge in [-0.1, -0.05) is 19.4 Å². The van der Waals surface area contributed by atoms with Gasteiger partial charge in [-0.05, 0) is 93.1 Å². The zero-order chi connectivity index (χ0) is 26.5. The van der Waals surface area contributed by atoms with Crippen LogP contribution in [0.3, 0.4) is 0 Å². The summed E-state index contributed by atoms with van der Waals surface area (Å²) < 4.78 is 18.0. The van der Waals surface area contributed by atoms with Gasteiger partial charge in [0.2, 0.25) is 0 Å². The van der Waals surface area contributed by atoms with Crippen LogP contribution >= 0.6 is 0 Å². The summed E-state index contributed by atoms with van der Waals surface area (Å²) in [5.41, 5.74) is 0.0291. The van der Waals surface area contributed by atoms with Crippen LogP contribution in [0, 0.1) is 40.4 Å². The lowest BCUT2D eigenvalue weighted by molar-refractivity contribution is -0.166. The maximum atomic E-state index is 13.6. The Morgan fingerprint density at radius 3 is 2.65 bits per heavy atom. The van der Waals surface area contributed by atoms with Crippen molar-refractivity contribution in [2.45, 2.75) is 97.1 Å². The van der Waals surface area contributed by atoms with E-state index in [-0.39, 0.29) is 53.8 Å². The number of rotatable bonds is 4. The topological polar surface area (TPSA) is 102 Å². The van der Waals surface area contributed by atoms with E-state index in [2.05, 4.69) is 20.8 Å². The molecule has 6 aliphatic rings. The Kier molecular flexibility index (Phi) is 5.64. The van der Waals surface area contributed by atoms with Crippen molar-refractivity contribution in [3.8, 4) is 0 Å². The summed E-state index contributed by atoms with van der Waals surface area (Å²) in [5, 5.41) is 9.56. The molecule has 1 saturated heterocycles. The van der Waals surface area contributed by atoms with E-state index in [4.69, 9.17) is 14.2 Å². The predicted molar refractivity (Wildman–Crippen MR) is 134 cm³/mol. The standard InChI is InChI=1S/C30H40O7/c1-15-12-23(36-27(34)19(15)14-31)16(2)20-6-7-21-18-13-26-30(37-26)25(35-17(3)32)9-8-24(33)29(30,5)22(18)10-11-28(20,21)4/h8-9,16,18,20-23,25-26,31H,6-7,10-14H2,1-5H3/t16-,18?,20?,21?,22?,23?,25+,26+,28+,29-,30?/m0/s1. The summed E-state index contributed by atoms with van der Waals surface area (Å²) in [6.45, 7) is 9.80. The van der Waals surface area contributed by atoms with Crippen molar-refractivity contribution in [1.82, 2.24) is 0 Å². The van der Waals surface area contributed by atoms with Crippen LogP contribution in [0.4, 0.5) is 0 Å². The van der Waals surface area contributed by atoms with Crippen LogP contribution in [0.25, 0.3) is 0 Å².